The topological polar surface area (TPSA) is 94.6 Å². The summed E-state index contributed by atoms with van der Waals surface area (Å²) in [6, 6.07) is 8.53. The minimum absolute atomic E-state index is 0.131. The molecular weight excluding hydrogens is 382 g/mol. The number of hydrogen-bond acceptors (Lipinski definition) is 3. The quantitative estimate of drug-likeness (QED) is 0.665. The molecule has 0 aliphatic heterocycles. The van der Waals surface area contributed by atoms with Gasteiger partial charge in [0, 0.05) is 22.7 Å². The van der Waals surface area contributed by atoms with Crippen LogP contribution in [0.1, 0.15) is 29.2 Å². The highest BCUT2D eigenvalue weighted by Crippen LogP contribution is 2.44. The normalized spacial score (nSPS) is 15.4. The van der Waals surface area contributed by atoms with Crippen LogP contribution >= 0.6 is 0 Å². The largest absolute Gasteiger partial charge is 0.481 e. The number of fused-ring (bicyclic) bond motifs is 3. The summed E-state index contributed by atoms with van der Waals surface area (Å²) in [4.78, 5) is 23.0. The number of aliphatic carboxylic acids is 1. The Morgan fingerprint density at radius 3 is 2.72 bits per heavy atom. The number of nitrogens with two attached hydrogens (primary N) is 1. The van der Waals surface area contributed by atoms with E-state index in [9.17, 15) is 18.4 Å². The van der Waals surface area contributed by atoms with Crippen molar-refractivity contribution in [3.05, 3.63) is 64.9 Å². The Morgan fingerprint density at radius 2 is 2.03 bits per heavy atom. The van der Waals surface area contributed by atoms with E-state index in [4.69, 9.17) is 15.6 Å². The maximum absolute atomic E-state index is 14.3. The molecule has 0 bridgehead atoms. The fourth-order valence-corrected chi connectivity index (χ4v) is 4.07. The van der Waals surface area contributed by atoms with E-state index in [-0.39, 0.29) is 6.54 Å². The zero-order valence-corrected chi connectivity index (χ0v) is 15.3. The molecule has 1 aromatic heterocycles. The van der Waals surface area contributed by atoms with Crippen LogP contribution in [0.2, 0.25) is 0 Å². The summed E-state index contributed by atoms with van der Waals surface area (Å²) >= 11 is 0. The summed E-state index contributed by atoms with van der Waals surface area (Å²) in [6.07, 6.45) is 1.06. The van der Waals surface area contributed by atoms with Crippen LogP contribution in [-0.2, 0) is 22.6 Å². The molecule has 1 aliphatic rings. The zero-order valence-electron chi connectivity index (χ0n) is 15.3. The first-order valence-electron chi connectivity index (χ1n) is 9.08. The van der Waals surface area contributed by atoms with Crippen LogP contribution in [0.4, 0.5) is 8.78 Å². The van der Waals surface area contributed by atoms with E-state index in [1.807, 2.05) is 4.57 Å². The number of carbonyl (C=O) groups excluding carboxylic acids is 1. The number of carbonyl (C=O) groups is 2. The van der Waals surface area contributed by atoms with Gasteiger partial charge in [0.15, 0.2) is 6.61 Å². The van der Waals surface area contributed by atoms with Crippen molar-refractivity contribution >= 4 is 22.8 Å². The molecule has 4 rings (SSSR count). The highest BCUT2D eigenvalue weighted by Gasteiger charge is 2.34. The van der Waals surface area contributed by atoms with Crippen LogP contribution in [0.25, 0.3) is 10.9 Å². The Hall–Kier alpha value is -3.42. The predicted molar refractivity (Wildman–Crippen MR) is 101 cm³/mol. The number of primary amides is 1. The number of ether oxygens (including phenoxy) is 1. The molecule has 0 radical (unpaired) electrons. The number of halogens is 2. The maximum Gasteiger partial charge on any atom is 0.341 e. The molecule has 1 unspecified atom stereocenters. The Kier molecular flexibility index (Phi) is 4.70. The summed E-state index contributed by atoms with van der Waals surface area (Å²) in [5.41, 5.74) is 8.07. The van der Waals surface area contributed by atoms with Gasteiger partial charge in [0.05, 0.1) is 18.0 Å². The molecule has 3 N–H and O–H groups in total. The molecule has 1 aliphatic carbocycles. The Morgan fingerprint density at radius 1 is 1.24 bits per heavy atom. The molecule has 1 heterocycles. The number of hydrogen-bond donors (Lipinski definition) is 2. The average Bonchev–Trinajstić information content (AvgIpc) is 3.21. The van der Waals surface area contributed by atoms with Crippen molar-refractivity contribution < 1.29 is 28.2 Å². The van der Waals surface area contributed by atoms with Crippen molar-refractivity contribution in [2.75, 3.05) is 6.61 Å². The molecule has 8 heteroatoms. The third-order valence-electron chi connectivity index (χ3n) is 5.26. The lowest BCUT2D eigenvalue weighted by atomic mass is 9.99. The third kappa shape index (κ3) is 3.30. The molecule has 3 aromatic rings. The lowest BCUT2D eigenvalue weighted by Gasteiger charge is -2.12. The molecule has 1 amide bonds. The van der Waals surface area contributed by atoms with Gasteiger partial charge in [-0.1, -0.05) is 12.1 Å². The van der Waals surface area contributed by atoms with Gasteiger partial charge in [-0.25, -0.2) is 13.6 Å². The fraction of sp³-hybridized carbons (Fsp3) is 0.238. The van der Waals surface area contributed by atoms with Crippen LogP contribution < -0.4 is 10.5 Å². The van der Waals surface area contributed by atoms with E-state index < -0.39 is 36.0 Å². The Bertz CT molecular complexity index is 1140. The van der Waals surface area contributed by atoms with Crippen LogP contribution in [0.5, 0.6) is 5.75 Å². The molecule has 150 valence electrons. The molecule has 29 heavy (non-hydrogen) atoms. The number of benzene rings is 2. The van der Waals surface area contributed by atoms with Gasteiger partial charge >= 0.3 is 5.97 Å². The molecule has 0 saturated heterocycles. The summed E-state index contributed by atoms with van der Waals surface area (Å²) < 4.78 is 34.9. The Balaban J connectivity index is 1.90. The monoisotopic (exact) mass is 400 g/mol. The zero-order chi connectivity index (χ0) is 20.7. The number of carboxylic acid groups (broad SMARTS) is 1. The van der Waals surface area contributed by atoms with Crippen molar-refractivity contribution in [3.63, 3.8) is 0 Å². The number of amides is 1. The van der Waals surface area contributed by atoms with Crippen molar-refractivity contribution in [2.45, 2.75) is 25.3 Å². The minimum atomic E-state index is -1.13. The summed E-state index contributed by atoms with van der Waals surface area (Å²) in [5.74, 6) is -3.15. The first-order chi connectivity index (χ1) is 13.9. The van der Waals surface area contributed by atoms with Crippen LogP contribution in [0.15, 0.2) is 36.4 Å². The molecule has 2 aromatic carbocycles. The van der Waals surface area contributed by atoms with Crippen LogP contribution in [0.3, 0.4) is 0 Å². The summed E-state index contributed by atoms with van der Waals surface area (Å²) in [7, 11) is 0. The van der Waals surface area contributed by atoms with E-state index in [2.05, 4.69) is 0 Å². The second kappa shape index (κ2) is 7.20. The Labute approximate surface area is 164 Å². The van der Waals surface area contributed by atoms with Crippen LogP contribution in [0, 0.1) is 11.6 Å². The fourth-order valence-electron chi connectivity index (χ4n) is 4.07. The third-order valence-corrected chi connectivity index (χ3v) is 5.26. The van der Waals surface area contributed by atoms with Gasteiger partial charge in [-0.15, -0.1) is 0 Å². The van der Waals surface area contributed by atoms with Gasteiger partial charge in [-0.05, 0) is 36.6 Å². The number of aromatic nitrogens is 1. The van der Waals surface area contributed by atoms with Crippen LogP contribution in [-0.4, -0.2) is 28.2 Å². The van der Waals surface area contributed by atoms with Crippen molar-refractivity contribution in [1.29, 1.82) is 0 Å². The van der Waals surface area contributed by atoms with E-state index in [1.165, 1.54) is 12.1 Å². The first kappa shape index (κ1) is 18.9. The van der Waals surface area contributed by atoms with E-state index in [0.29, 0.717) is 40.6 Å². The second-order valence-corrected chi connectivity index (χ2v) is 7.01. The van der Waals surface area contributed by atoms with E-state index in [1.54, 1.807) is 18.2 Å². The van der Waals surface area contributed by atoms with E-state index >= 15 is 0 Å². The van der Waals surface area contributed by atoms with Gasteiger partial charge in [-0.2, -0.15) is 0 Å². The molecular formula is C21H18F2N2O4. The lowest BCUT2D eigenvalue weighted by molar-refractivity contribution is -0.139. The van der Waals surface area contributed by atoms with Gasteiger partial charge in [0.1, 0.15) is 17.4 Å². The van der Waals surface area contributed by atoms with Crippen molar-refractivity contribution in [2.24, 2.45) is 5.73 Å². The lowest BCUT2D eigenvalue weighted by Crippen LogP contribution is -2.19. The van der Waals surface area contributed by atoms with Crippen molar-refractivity contribution in [1.82, 2.24) is 4.57 Å². The minimum Gasteiger partial charge on any atom is -0.481 e. The molecule has 0 fully saturated rings. The summed E-state index contributed by atoms with van der Waals surface area (Å²) in [6.45, 7) is -0.404. The smallest absolute Gasteiger partial charge is 0.341 e. The summed E-state index contributed by atoms with van der Waals surface area (Å²) in [5, 5.41) is 9.56. The molecule has 0 saturated carbocycles. The molecule has 0 spiro atoms. The standard InChI is InChI=1S/C21H18F2N2O4/c22-12-5-4-11(14(23)8-12)9-25-15-2-1-3-17(29-10-18(26)27)20(15)19-13(21(24)28)6-7-16(19)25/h1-5,8,13H,6-7,9-10H2,(H2,24,28)(H,26,27). The first-order valence-corrected chi connectivity index (χ1v) is 9.08. The highest BCUT2D eigenvalue weighted by molar-refractivity contribution is 5.97. The highest BCUT2D eigenvalue weighted by atomic mass is 19.1. The second-order valence-electron chi connectivity index (χ2n) is 7.01. The van der Waals surface area contributed by atoms with Gasteiger partial charge in [0.25, 0.3) is 0 Å². The number of rotatable bonds is 6. The van der Waals surface area contributed by atoms with Crippen molar-refractivity contribution in [3.8, 4) is 5.75 Å². The average molecular weight is 400 g/mol. The SMILES string of the molecule is NC(=O)C1CCc2c1c1c(OCC(=O)O)cccc1n2Cc1ccc(F)cc1F. The van der Waals surface area contributed by atoms with E-state index in [0.717, 1.165) is 11.8 Å². The maximum atomic E-state index is 14.3. The van der Waals surface area contributed by atoms with Gasteiger partial charge in [-0.3, -0.25) is 4.79 Å². The molecule has 6 nitrogen and oxygen atoms in total. The van der Waals surface area contributed by atoms with Gasteiger partial charge < -0.3 is 20.1 Å². The number of carboxylic acids is 1. The predicted octanol–water partition coefficient (Wildman–Crippen LogP) is 2.95. The molecule has 1 atom stereocenters. The number of nitrogens with zero attached hydrogens (tertiary/aromatic N) is 1. The van der Waals surface area contributed by atoms with Gasteiger partial charge in [0.2, 0.25) is 5.91 Å².